The van der Waals surface area contributed by atoms with Gasteiger partial charge in [-0.1, -0.05) is 6.07 Å². The minimum Gasteiger partial charge on any atom is -0.475 e. The molecule has 0 aromatic heterocycles. The molecule has 0 atom stereocenters. The number of aliphatic carboxylic acids is 1. The Hall–Kier alpha value is -2.54. The second-order valence-electron chi connectivity index (χ2n) is 2.61. The van der Waals surface area contributed by atoms with E-state index in [1.54, 1.807) is 24.3 Å². The number of halogens is 3. The van der Waals surface area contributed by atoms with Crippen molar-refractivity contribution in [2.24, 2.45) is 0 Å². The topological polar surface area (TPSA) is 84.9 Å². The third kappa shape index (κ3) is 5.80. The molecule has 4 nitrogen and oxygen atoms in total. The van der Waals surface area contributed by atoms with Crippen LogP contribution in [0.5, 0.6) is 0 Å². The second kappa shape index (κ2) is 6.13. The zero-order chi connectivity index (χ0) is 13.5. The van der Waals surface area contributed by atoms with Gasteiger partial charge in [-0.2, -0.15) is 23.7 Å². The monoisotopic (exact) mass is 242 g/mol. The lowest BCUT2D eigenvalue weighted by atomic mass is 10.2. The fraction of sp³-hybridized carbons (Fsp3) is 0.100. The largest absolute Gasteiger partial charge is 0.490 e. The van der Waals surface area contributed by atoms with Crippen molar-refractivity contribution in [2.75, 3.05) is 0 Å². The van der Waals surface area contributed by atoms with Gasteiger partial charge in [0.1, 0.15) is 0 Å². The van der Waals surface area contributed by atoms with Crippen LogP contribution in [0.15, 0.2) is 24.3 Å². The van der Waals surface area contributed by atoms with Gasteiger partial charge in [0.2, 0.25) is 0 Å². The molecule has 17 heavy (non-hydrogen) atoms. The number of hydrogen-bond donors (Lipinski definition) is 1. The van der Waals surface area contributed by atoms with Crippen molar-refractivity contribution in [3.05, 3.63) is 35.4 Å². The van der Waals surface area contributed by atoms with Crippen LogP contribution in [0.2, 0.25) is 0 Å². The molecule has 0 bridgehead atoms. The first-order chi connectivity index (χ1) is 7.81. The van der Waals surface area contributed by atoms with Crippen LogP contribution in [-0.2, 0) is 4.79 Å². The minimum atomic E-state index is -5.08. The minimum absolute atomic E-state index is 0.527. The van der Waals surface area contributed by atoms with Gasteiger partial charge in [-0.15, -0.1) is 0 Å². The number of alkyl halides is 3. The van der Waals surface area contributed by atoms with Gasteiger partial charge in [0.05, 0.1) is 23.3 Å². The van der Waals surface area contributed by atoms with E-state index < -0.39 is 12.1 Å². The lowest BCUT2D eigenvalue weighted by molar-refractivity contribution is -0.192. The molecule has 7 heteroatoms. The molecular formula is C10H5F3N2O2. The van der Waals surface area contributed by atoms with Crippen LogP contribution >= 0.6 is 0 Å². The Morgan fingerprint density at radius 1 is 1.18 bits per heavy atom. The SMILES string of the molecule is N#Cc1cccc(C#N)c1.O=C(O)C(F)(F)F. The van der Waals surface area contributed by atoms with E-state index in [0.29, 0.717) is 11.1 Å². The quantitative estimate of drug-likeness (QED) is 0.754. The van der Waals surface area contributed by atoms with Gasteiger partial charge in [0.25, 0.3) is 0 Å². The predicted octanol–water partition coefficient (Wildman–Crippen LogP) is 2.06. The number of carbonyl (C=O) groups is 1. The molecule has 0 unspecified atom stereocenters. The summed E-state index contributed by atoms with van der Waals surface area (Å²) in [6.45, 7) is 0. The smallest absolute Gasteiger partial charge is 0.475 e. The average molecular weight is 242 g/mol. The molecule has 0 saturated heterocycles. The Labute approximate surface area is 94.1 Å². The second-order valence-corrected chi connectivity index (χ2v) is 2.61. The number of nitriles is 2. The highest BCUT2D eigenvalue weighted by Gasteiger charge is 2.38. The van der Waals surface area contributed by atoms with Crippen LogP contribution in [0.25, 0.3) is 0 Å². The van der Waals surface area contributed by atoms with Crippen molar-refractivity contribution in [3.8, 4) is 12.1 Å². The van der Waals surface area contributed by atoms with E-state index >= 15 is 0 Å². The van der Waals surface area contributed by atoms with Gasteiger partial charge in [-0.05, 0) is 18.2 Å². The number of carboxylic acid groups (broad SMARTS) is 1. The zero-order valence-electron chi connectivity index (χ0n) is 8.19. The predicted molar refractivity (Wildman–Crippen MR) is 49.6 cm³/mol. The highest BCUT2D eigenvalue weighted by atomic mass is 19.4. The lowest BCUT2D eigenvalue weighted by Gasteiger charge is -1.93. The maximum Gasteiger partial charge on any atom is 0.490 e. The van der Waals surface area contributed by atoms with Crippen molar-refractivity contribution in [3.63, 3.8) is 0 Å². The van der Waals surface area contributed by atoms with Gasteiger partial charge in [0.15, 0.2) is 0 Å². The summed E-state index contributed by atoms with van der Waals surface area (Å²) < 4.78 is 31.7. The molecule has 1 aromatic carbocycles. The summed E-state index contributed by atoms with van der Waals surface area (Å²) in [7, 11) is 0. The van der Waals surface area contributed by atoms with Crippen molar-refractivity contribution in [1.82, 2.24) is 0 Å². The maximum atomic E-state index is 10.6. The van der Waals surface area contributed by atoms with Crippen molar-refractivity contribution in [1.29, 1.82) is 10.5 Å². The van der Waals surface area contributed by atoms with Crippen LogP contribution in [0.4, 0.5) is 13.2 Å². The Morgan fingerprint density at radius 2 is 1.53 bits per heavy atom. The first kappa shape index (κ1) is 14.5. The fourth-order valence-electron chi connectivity index (χ4n) is 0.658. The first-order valence-electron chi connectivity index (χ1n) is 4.01. The van der Waals surface area contributed by atoms with Crippen LogP contribution in [0.3, 0.4) is 0 Å². The number of carboxylic acids is 1. The van der Waals surface area contributed by atoms with Crippen molar-refractivity contribution < 1.29 is 23.1 Å². The van der Waals surface area contributed by atoms with E-state index in [2.05, 4.69) is 0 Å². The van der Waals surface area contributed by atoms with Crippen LogP contribution < -0.4 is 0 Å². The van der Waals surface area contributed by atoms with Gasteiger partial charge in [-0.25, -0.2) is 4.79 Å². The van der Waals surface area contributed by atoms with Gasteiger partial charge in [0, 0.05) is 0 Å². The van der Waals surface area contributed by atoms with Crippen LogP contribution in [0, 0.1) is 22.7 Å². The fourth-order valence-corrected chi connectivity index (χ4v) is 0.658. The molecule has 0 aliphatic rings. The Morgan fingerprint density at radius 3 is 1.76 bits per heavy atom. The Bertz CT molecular complexity index is 454. The summed E-state index contributed by atoms with van der Waals surface area (Å²) >= 11 is 0. The van der Waals surface area contributed by atoms with Gasteiger partial charge >= 0.3 is 12.1 Å². The summed E-state index contributed by atoms with van der Waals surface area (Å²) in [6, 6.07) is 10.5. The summed E-state index contributed by atoms with van der Waals surface area (Å²) in [5.74, 6) is -2.76. The molecule has 0 amide bonds. The third-order valence-corrected chi connectivity index (χ3v) is 1.36. The summed E-state index contributed by atoms with van der Waals surface area (Å²) in [6.07, 6.45) is -5.08. The normalized spacial score (nSPS) is 9.24. The summed E-state index contributed by atoms with van der Waals surface area (Å²) in [4.78, 5) is 8.90. The average Bonchev–Trinajstić information content (AvgIpc) is 2.28. The first-order valence-corrected chi connectivity index (χ1v) is 4.01. The molecule has 0 saturated carbocycles. The Balaban J connectivity index is 0.000000325. The molecule has 0 heterocycles. The van der Waals surface area contributed by atoms with Crippen molar-refractivity contribution in [2.45, 2.75) is 6.18 Å². The van der Waals surface area contributed by atoms with Crippen LogP contribution in [0.1, 0.15) is 11.1 Å². The molecule has 1 rings (SSSR count). The van der Waals surface area contributed by atoms with E-state index in [4.69, 9.17) is 20.4 Å². The summed E-state index contributed by atoms with van der Waals surface area (Å²) in [5.41, 5.74) is 1.05. The number of hydrogen-bond acceptors (Lipinski definition) is 3. The highest BCUT2D eigenvalue weighted by Crippen LogP contribution is 2.13. The van der Waals surface area contributed by atoms with E-state index in [-0.39, 0.29) is 0 Å². The molecule has 0 spiro atoms. The van der Waals surface area contributed by atoms with E-state index in [0.717, 1.165) is 0 Å². The maximum absolute atomic E-state index is 10.6. The number of nitrogens with zero attached hydrogens (tertiary/aromatic N) is 2. The van der Waals surface area contributed by atoms with E-state index in [1.165, 1.54) is 0 Å². The molecule has 0 radical (unpaired) electrons. The molecule has 0 fully saturated rings. The lowest BCUT2D eigenvalue weighted by Crippen LogP contribution is -2.21. The van der Waals surface area contributed by atoms with Gasteiger partial charge in [-0.3, -0.25) is 0 Å². The Kier molecular flexibility index (Phi) is 5.22. The molecule has 1 N–H and O–H groups in total. The molecule has 1 aromatic rings. The standard InChI is InChI=1S/C8H4N2.C2HF3O2/c9-5-7-2-1-3-8(4-7)6-10;3-2(4,5)1(6)7/h1-4H;(H,6,7). The van der Waals surface area contributed by atoms with Crippen LogP contribution in [-0.4, -0.2) is 17.3 Å². The van der Waals surface area contributed by atoms with Crippen molar-refractivity contribution >= 4 is 5.97 Å². The molecule has 0 aliphatic carbocycles. The highest BCUT2D eigenvalue weighted by molar-refractivity contribution is 5.73. The van der Waals surface area contributed by atoms with Gasteiger partial charge < -0.3 is 5.11 Å². The number of benzene rings is 1. The number of rotatable bonds is 0. The summed E-state index contributed by atoms with van der Waals surface area (Å²) in [5, 5.41) is 23.9. The van der Waals surface area contributed by atoms with E-state index in [9.17, 15) is 13.2 Å². The molecular weight excluding hydrogens is 237 g/mol. The van der Waals surface area contributed by atoms with E-state index in [1.807, 2.05) is 12.1 Å². The molecule has 88 valence electrons. The third-order valence-electron chi connectivity index (χ3n) is 1.36. The zero-order valence-corrected chi connectivity index (χ0v) is 8.19. The molecule has 0 aliphatic heterocycles.